The van der Waals surface area contributed by atoms with E-state index in [4.69, 9.17) is 9.52 Å². The first kappa shape index (κ1) is 20.4. The number of carboxylic acid groups (broad SMARTS) is 1. The highest BCUT2D eigenvalue weighted by Gasteiger charge is 2.14. The highest BCUT2D eigenvalue weighted by Crippen LogP contribution is 2.28. The SMILES string of the molecule is O=C(O)c1ccc(-n2cccc2/C=N\NC(=O)c2cc3cc(Br)cc(I)c3o2)cc1. The number of carbonyl (C=O) groups excluding carboxylic acids is 1. The Morgan fingerprint density at radius 2 is 1.93 bits per heavy atom. The molecule has 1 amide bonds. The van der Waals surface area contributed by atoms with Crippen molar-refractivity contribution in [1.82, 2.24) is 9.99 Å². The Morgan fingerprint density at radius 1 is 1.17 bits per heavy atom. The Labute approximate surface area is 192 Å². The lowest BCUT2D eigenvalue weighted by molar-refractivity contribution is 0.0696. The van der Waals surface area contributed by atoms with Gasteiger partial charge in [0.15, 0.2) is 5.76 Å². The number of hydrazone groups is 1. The van der Waals surface area contributed by atoms with E-state index in [1.165, 1.54) is 18.3 Å². The fraction of sp³-hybridized carbons (Fsp3) is 0. The Morgan fingerprint density at radius 3 is 2.67 bits per heavy atom. The average molecular weight is 578 g/mol. The summed E-state index contributed by atoms with van der Waals surface area (Å²) in [4.78, 5) is 23.4. The van der Waals surface area contributed by atoms with Crippen LogP contribution < -0.4 is 5.43 Å². The maximum atomic E-state index is 12.4. The van der Waals surface area contributed by atoms with Gasteiger partial charge < -0.3 is 14.1 Å². The molecule has 0 spiro atoms. The van der Waals surface area contributed by atoms with E-state index in [2.05, 4.69) is 49.0 Å². The summed E-state index contributed by atoms with van der Waals surface area (Å²) in [6, 6.07) is 15.6. The number of nitrogens with one attached hydrogen (secondary N) is 1. The first-order valence-corrected chi connectivity index (χ1v) is 10.5. The summed E-state index contributed by atoms with van der Waals surface area (Å²) in [6.07, 6.45) is 3.32. The minimum Gasteiger partial charge on any atom is -0.478 e. The van der Waals surface area contributed by atoms with Crippen molar-refractivity contribution in [2.75, 3.05) is 0 Å². The quantitative estimate of drug-likeness (QED) is 0.197. The second-order valence-corrected chi connectivity index (χ2v) is 8.35. The van der Waals surface area contributed by atoms with Crippen LogP contribution in [0.1, 0.15) is 26.6 Å². The van der Waals surface area contributed by atoms with E-state index in [0.29, 0.717) is 11.3 Å². The Hall–Kier alpha value is -2.92. The van der Waals surface area contributed by atoms with Crippen molar-refractivity contribution in [1.29, 1.82) is 0 Å². The standard InChI is InChI=1S/C21H13BrIN3O4/c22-14-8-13-9-18(30-19(13)17(23)10-14)20(27)25-24-11-16-2-1-7-26(16)15-5-3-12(4-6-15)21(28)29/h1-11H,(H,25,27)(H,28,29)/b24-11-. The predicted octanol–water partition coefficient (Wildman–Crippen LogP) is 5.05. The van der Waals surface area contributed by atoms with E-state index in [1.807, 2.05) is 35.0 Å². The highest BCUT2D eigenvalue weighted by atomic mass is 127. The van der Waals surface area contributed by atoms with Crippen molar-refractivity contribution < 1.29 is 19.1 Å². The van der Waals surface area contributed by atoms with Crippen molar-refractivity contribution in [3.63, 3.8) is 0 Å². The van der Waals surface area contributed by atoms with Gasteiger partial charge in [-0.05, 0) is 77.2 Å². The summed E-state index contributed by atoms with van der Waals surface area (Å²) in [5.41, 5.74) is 4.80. The van der Waals surface area contributed by atoms with Crippen LogP contribution in [0, 0.1) is 3.57 Å². The van der Waals surface area contributed by atoms with Crippen LogP contribution in [0.3, 0.4) is 0 Å². The lowest BCUT2D eigenvalue weighted by atomic mass is 10.2. The van der Waals surface area contributed by atoms with Gasteiger partial charge in [-0.15, -0.1) is 0 Å². The molecule has 2 aromatic carbocycles. The van der Waals surface area contributed by atoms with Crippen molar-refractivity contribution in [3.8, 4) is 5.69 Å². The number of furan rings is 1. The van der Waals surface area contributed by atoms with Crippen molar-refractivity contribution in [2.24, 2.45) is 5.10 Å². The minimum atomic E-state index is -0.980. The lowest BCUT2D eigenvalue weighted by Gasteiger charge is -2.06. The second kappa shape index (κ2) is 8.44. The molecule has 0 aliphatic carbocycles. The number of hydrogen-bond donors (Lipinski definition) is 2. The number of aromatic nitrogens is 1. The Bertz CT molecular complexity index is 1290. The topological polar surface area (TPSA) is 96.8 Å². The molecule has 9 heteroatoms. The molecule has 0 unspecified atom stereocenters. The molecule has 0 atom stereocenters. The number of carboxylic acids is 1. The highest BCUT2D eigenvalue weighted by molar-refractivity contribution is 14.1. The summed E-state index contributed by atoms with van der Waals surface area (Å²) in [5, 5.41) is 13.9. The van der Waals surface area contributed by atoms with Crippen molar-refractivity contribution >= 4 is 67.6 Å². The number of aromatic carboxylic acids is 1. The molecule has 2 aromatic heterocycles. The Kier molecular flexibility index (Phi) is 5.73. The molecule has 30 heavy (non-hydrogen) atoms. The first-order valence-electron chi connectivity index (χ1n) is 8.65. The molecule has 0 aliphatic rings. The van der Waals surface area contributed by atoms with Gasteiger partial charge >= 0.3 is 11.9 Å². The van der Waals surface area contributed by atoms with E-state index in [0.717, 1.165) is 19.1 Å². The van der Waals surface area contributed by atoms with Gasteiger partial charge in [-0.25, -0.2) is 10.2 Å². The van der Waals surface area contributed by atoms with Gasteiger partial charge in [-0.2, -0.15) is 5.10 Å². The molecule has 7 nitrogen and oxygen atoms in total. The van der Waals surface area contributed by atoms with Gasteiger partial charge in [0.25, 0.3) is 0 Å². The van der Waals surface area contributed by atoms with E-state index < -0.39 is 11.9 Å². The number of halogens is 2. The number of rotatable bonds is 5. The van der Waals surface area contributed by atoms with Gasteiger partial charge in [0, 0.05) is 21.7 Å². The maximum Gasteiger partial charge on any atom is 0.335 e. The molecule has 4 rings (SSSR count). The molecule has 0 fully saturated rings. The van der Waals surface area contributed by atoms with E-state index >= 15 is 0 Å². The molecule has 2 heterocycles. The average Bonchev–Trinajstić information content (AvgIpc) is 3.35. The molecule has 2 N–H and O–H groups in total. The number of carbonyl (C=O) groups is 2. The third-order valence-electron chi connectivity index (χ3n) is 4.30. The third kappa shape index (κ3) is 4.17. The van der Waals surface area contributed by atoms with Gasteiger partial charge in [0.1, 0.15) is 5.58 Å². The van der Waals surface area contributed by atoms with Gasteiger partial charge in [0.05, 0.1) is 21.0 Å². The summed E-state index contributed by atoms with van der Waals surface area (Å²) in [7, 11) is 0. The zero-order chi connectivity index (χ0) is 21.3. The zero-order valence-electron chi connectivity index (χ0n) is 15.2. The van der Waals surface area contributed by atoms with Crippen molar-refractivity contribution in [2.45, 2.75) is 0 Å². The van der Waals surface area contributed by atoms with Crippen LogP contribution in [0.2, 0.25) is 0 Å². The molecule has 0 saturated heterocycles. The fourth-order valence-corrected chi connectivity index (χ4v) is 4.56. The molecular weight excluding hydrogens is 565 g/mol. The van der Waals surface area contributed by atoms with Crippen LogP contribution in [-0.4, -0.2) is 27.8 Å². The van der Waals surface area contributed by atoms with Crippen LogP contribution in [0.4, 0.5) is 0 Å². The summed E-state index contributed by atoms with van der Waals surface area (Å²) >= 11 is 5.58. The minimum absolute atomic E-state index is 0.165. The van der Waals surface area contributed by atoms with Gasteiger partial charge in [-0.3, -0.25) is 4.79 Å². The fourth-order valence-electron chi connectivity index (χ4n) is 2.90. The summed E-state index contributed by atoms with van der Waals surface area (Å²) < 4.78 is 9.28. The number of amides is 1. The van der Waals surface area contributed by atoms with Crippen LogP contribution in [0.15, 0.2) is 74.8 Å². The number of nitrogens with zero attached hydrogens (tertiary/aromatic N) is 2. The molecule has 150 valence electrons. The monoisotopic (exact) mass is 577 g/mol. The molecule has 4 aromatic rings. The van der Waals surface area contributed by atoms with Crippen molar-refractivity contribution in [3.05, 3.63) is 85.9 Å². The molecule has 0 saturated carbocycles. The predicted molar refractivity (Wildman–Crippen MR) is 124 cm³/mol. The Balaban J connectivity index is 1.50. The zero-order valence-corrected chi connectivity index (χ0v) is 18.9. The number of fused-ring (bicyclic) bond motifs is 1. The normalized spacial score (nSPS) is 11.3. The summed E-state index contributed by atoms with van der Waals surface area (Å²) in [6.45, 7) is 0. The van der Waals surface area contributed by atoms with Crippen LogP contribution in [-0.2, 0) is 0 Å². The number of benzene rings is 2. The van der Waals surface area contributed by atoms with E-state index in [-0.39, 0.29) is 11.3 Å². The molecule has 0 bridgehead atoms. The van der Waals surface area contributed by atoms with Gasteiger partial charge in [0.2, 0.25) is 0 Å². The largest absolute Gasteiger partial charge is 0.478 e. The van der Waals surface area contributed by atoms with E-state index in [9.17, 15) is 9.59 Å². The smallest absolute Gasteiger partial charge is 0.335 e. The lowest BCUT2D eigenvalue weighted by Crippen LogP contribution is -2.17. The molecule has 0 aliphatic heterocycles. The third-order valence-corrected chi connectivity index (χ3v) is 5.55. The number of hydrogen-bond acceptors (Lipinski definition) is 4. The second-order valence-electron chi connectivity index (χ2n) is 6.27. The van der Waals surface area contributed by atoms with Gasteiger partial charge in [-0.1, -0.05) is 15.9 Å². The molecular formula is C21H13BrIN3O4. The summed E-state index contributed by atoms with van der Waals surface area (Å²) in [5.74, 6) is -1.28. The first-order chi connectivity index (χ1) is 14.4. The van der Waals surface area contributed by atoms with E-state index in [1.54, 1.807) is 18.2 Å². The van der Waals surface area contributed by atoms with Crippen LogP contribution >= 0.6 is 38.5 Å². The molecule has 0 radical (unpaired) electrons. The van der Waals surface area contributed by atoms with Crippen LogP contribution in [0.25, 0.3) is 16.7 Å². The van der Waals surface area contributed by atoms with Crippen LogP contribution in [0.5, 0.6) is 0 Å². The maximum absolute atomic E-state index is 12.4.